The third-order valence-corrected chi connectivity index (χ3v) is 8.06. The molecule has 7 heteroatoms. The summed E-state index contributed by atoms with van der Waals surface area (Å²) in [7, 11) is 1.89. The van der Waals surface area contributed by atoms with Crippen molar-refractivity contribution in [1.29, 1.82) is 0 Å². The molecule has 3 aromatic carbocycles. The van der Waals surface area contributed by atoms with Crippen molar-refractivity contribution in [3.63, 3.8) is 0 Å². The maximum Gasteiger partial charge on any atom is 0.250 e. The Labute approximate surface area is 201 Å². The first-order valence-electron chi connectivity index (χ1n) is 10.7. The molecule has 3 atom stereocenters. The average molecular weight is 479 g/mol. The van der Waals surface area contributed by atoms with Gasteiger partial charge in [0.2, 0.25) is 0 Å². The standard InChI is InChI=1S/C26H20Cl2N2O3/c1-30-13-19(16-11-10-15(27)12-20(16)28)25(14-33-22-9-5-2-6-17(22)23(25)31)26(30)18-7-3-4-8-21(18)29-24(26)32/h2-12,19H,13-14H2,1H3,(H,29,32)/t19-,25+,26+/m1/s1. The van der Waals surface area contributed by atoms with E-state index in [1.807, 2.05) is 54.4 Å². The van der Waals surface area contributed by atoms with Crippen molar-refractivity contribution in [1.82, 2.24) is 4.90 Å². The fourth-order valence-electron chi connectivity index (χ4n) is 6.18. The summed E-state index contributed by atoms with van der Waals surface area (Å²) in [5.74, 6) is -0.206. The van der Waals surface area contributed by atoms with Crippen LogP contribution in [0.3, 0.4) is 0 Å². The van der Waals surface area contributed by atoms with E-state index < -0.39 is 16.9 Å². The topological polar surface area (TPSA) is 58.6 Å². The number of ketones is 1. The van der Waals surface area contributed by atoms with Crippen LogP contribution in [0, 0.1) is 5.41 Å². The van der Waals surface area contributed by atoms with Crippen LogP contribution in [0.25, 0.3) is 0 Å². The van der Waals surface area contributed by atoms with E-state index in [0.717, 1.165) is 11.1 Å². The molecule has 0 unspecified atom stereocenters. The van der Waals surface area contributed by atoms with Crippen LogP contribution in [0.2, 0.25) is 10.0 Å². The number of benzene rings is 3. The highest BCUT2D eigenvalue weighted by atomic mass is 35.5. The van der Waals surface area contributed by atoms with E-state index in [1.165, 1.54) is 0 Å². The summed E-state index contributed by atoms with van der Waals surface area (Å²) in [6.07, 6.45) is 0. The molecule has 0 saturated carbocycles. The van der Waals surface area contributed by atoms with Gasteiger partial charge >= 0.3 is 0 Å². The number of amides is 1. The summed E-state index contributed by atoms with van der Waals surface area (Å²) in [5.41, 5.74) is 0.264. The third-order valence-electron chi connectivity index (χ3n) is 7.49. The predicted molar refractivity (Wildman–Crippen MR) is 127 cm³/mol. The van der Waals surface area contributed by atoms with E-state index in [-0.39, 0.29) is 18.3 Å². The molecule has 0 aromatic heterocycles. The van der Waals surface area contributed by atoms with Gasteiger partial charge in [-0.1, -0.05) is 59.6 Å². The van der Waals surface area contributed by atoms with Crippen LogP contribution in [0.5, 0.6) is 5.75 Å². The van der Waals surface area contributed by atoms with Gasteiger partial charge in [-0.25, -0.2) is 0 Å². The molecule has 1 amide bonds. The number of nitrogens with one attached hydrogen (secondary N) is 1. The lowest BCUT2D eigenvalue weighted by Crippen LogP contribution is -2.62. The highest BCUT2D eigenvalue weighted by Gasteiger charge is 2.75. The number of hydrogen-bond acceptors (Lipinski definition) is 4. The minimum atomic E-state index is -1.25. The third kappa shape index (κ3) is 2.47. The number of hydrogen-bond donors (Lipinski definition) is 1. The second-order valence-corrected chi connectivity index (χ2v) is 9.74. The highest BCUT2D eigenvalue weighted by Crippen LogP contribution is 2.65. The molecular weight excluding hydrogens is 459 g/mol. The smallest absolute Gasteiger partial charge is 0.250 e. The molecule has 0 bridgehead atoms. The van der Waals surface area contributed by atoms with Crippen molar-refractivity contribution in [3.05, 3.63) is 93.5 Å². The van der Waals surface area contributed by atoms with Crippen molar-refractivity contribution in [2.45, 2.75) is 11.5 Å². The zero-order chi connectivity index (χ0) is 23.0. The molecule has 1 N–H and O–H groups in total. The number of halogens is 2. The van der Waals surface area contributed by atoms with Crippen LogP contribution >= 0.6 is 23.2 Å². The summed E-state index contributed by atoms with van der Waals surface area (Å²) in [6, 6.07) is 20.1. The molecule has 0 radical (unpaired) electrons. The van der Waals surface area contributed by atoms with Crippen LogP contribution in [-0.4, -0.2) is 36.8 Å². The highest BCUT2D eigenvalue weighted by molar-refractivity contribution is 6.35. The summed E-state index contributed by atoms with van der Waals surface area (Å²) >= 11 is 12.9. The van der Waals surface area contributed by atoms with Gasteiger partial charge in [0.1, 0.15) is 23.3 Å². The van der Waals surface area contributed by atoms with Crippen molar-refractivity contribution >= 4 is 40.6 Å². The molecule has 166 valence electrons. The van der Waals surface area contributed by atoms with Crippen LogP contribution in [0.1, 0.15) is 27.4 Å². The Morgan fingerprint density at radius 1 is 1.03 bits per heavy atom. The molecule has 2 spiro atoms. The number of ether oxygens (including phenoxy) is 1. The fraction of sp³-hybridized carbons (Fsp3) is 0.231. The number of anilines is 1. The van der Waals surface area contributed by atoms with Gasteiger partial charge in [-0.15, -0.1) is 0 Å². The predicted octanol–water partition coefficient (Wildman–Crippen LogP) is 5.13. The number of likely N-dealkylation sites (N-methyl/N-ethyl adjacent to an activating group) is 1. The molecular formula is C26H20Cl2N2O3. The number of para-hydroxylation sites is 2. The molecule has 3 heterocycles. The Hall–Kier alpha value is -2.86. The Bertz CT molecular complexity index is 1340. The van der Waals surface area contributed by atoms with E-state index >= 15 is 0 Å². The normalized spacial score (nSPS) is 28.0. The molecule has 3 aromatic rings. The SMILES string of the molecule is CN1C[C@H](c2ccc(Cl)cc2Cl)[C@]2(COc3ccccc3C2=O)[C@]12C(=O)Nc1ccccc12. The van der Waals surface area contributed by atoms with Crippen LogP contribution < -0.4 is 10.1 Å². The van der Waals surface area contributed by atoms with Gasteiger partial charge < -0.3 is 10.1 Å². The second-order valence-electron chi connectivity index (χ2n) is 8.89. The number of likely N-dealkylation sites (tertiary alicyclic amines) is 1. The Kier molecular flexibility index (Phi) is 4.44. The number of nitrogens with zero attached hydrogens (tertiary/aromatic N) is 1. The molecule has 3 aliphatic rings. The first kappa shape index (κ1) is 20.7. The van der Waals surface area contributed by atoms with Gasteiger partial charge in [-0.2, -0.15) is 0 Å². The lowest BCUT2D eigenvalue weighted by Gasteiger charge is -2.47. The van der Waals surface area contributed by atoms with E-state index in [0.29, 0.717) is 33.6 Å². The minimum Gasteiger partial charge on any atom is -0.492 e. The summed E-state index contributed by atoms with van der Waals surface area (Å²) in [6.45, 7) is 0.499. The molecule has 0 aliphatic carbocycles. The minimum absolute atomic E-state index is 0.0541. The number of carbonyl (C=O) groups is 2. The summed E-state index contributed by atoms with van der Waals surface area (Å²) in [5, 5.41) is 4.01. The van der Waals surface area contributed by atoms with Gasteiger partial charge in [0.25, 0.3) is 5.91 Å². The van der Waals surface area contributed by atoms with Crippen LogP contribution in [-0.2, 0) is 10.3 Å². The van der Waals surface area contributed by atoms with Gasteiger partial charge in [0.15, 0.2) is 5.78 Å². The van der Waals surface area contributed by atoms with E-state index in [2.05, 4.69) is 5.32 Å². The maximum absolute atomic E-state index is 14.5. The van der Waals surface area contributed by atoms with Crippen LogP contribution in [0.4, 0.5) is 5.69 Å². The first-order chi connectivity index (χ1) is 15.9. The Morgan fingerprint density at radius 3 is 2.61 bits per heavy atom. The average Bonchev–Trinajstić information content (AvgIpc) is 3.25. The molecule has 1 fully saturated rings. The van der Waals surface area contributed by atoms with Crippen molar-refractivity contribution < 1.29 is 14.3 Å². The summed E-state index contributed by atoms with van der Waals surface area (Å²) in [4.78, 5) is 30.4. The zero-order valence-corrected chi connectivity index (χ0v) is 19.3. The molecule has 5 nitrogen and oxygen atoms in total. The number of rotatable bonds is 1. The Morgan fingerprint density at radius 2 is 1.79 bits per heavy atom. The molecule has 6 rings (SSSR count). The van der Waals surface area contributed by atoms with Crippen molar-refractivity contribution in [2.24, 2.45) is 5.41 Å². The molecule has 1 saturated heterocycles. The number of carbonyl (C=O) groups excluding carboxylic acids is 2. The quantitative estimate of drug-likeness (QED) is 0.526. The van der Waals surface area contributed by atoms with Crippen LogP contribution in [0.15, 0.2) is 66.7 Å². The number of Topliss-reactive ketones (excluding diaryl/α,β-unsaturated/α-hetero) is 1. The fourth-order valence-corrected chi connectivity index (χ4v) is 6.72. The first-order valence-corrected chi connectivity index (χ1v) is 11.5. The lowest BCUT2D eigenvalue weighted by molar-refractivity contribution is -0.131. The largest absolute Gasteiger partial charge is 0.492 e. The zero-order valence-electron chi connectivity index (χ0n) is 17.8. The van der Waals surface area contributed by atoms with Crippen molar-refractivity contribution in [2.75, 3.05) is 25.5 Å². The van der Waals surface area contributed by atoms with Gasteiger partial charge in [0.05, 0.1) is 5.56 Å². The van der Waals surface area contributed by atoms with Crippen molar-refractivity contribution in [3.8, 4) is 5.75 Å². The van der Waals surface area contributed by atoms with E-state index in [4.69, 9.17) is 27.9 Å². The second kappa shape index (κ2) is 7.07. The van der Waals surface area contributed by atoms with Gasteiger partial charge in [0, 0.05) is 33.8 Å². The van der Waals surface area contributed by atoms with E-state index in [1.54, 1.807) is 24.3 Å². The van der Waals surface area contributed by atoms with Gasteiger partial charge in [-0.05, 0) is 42.9 Å². The summed E-state index contributed by atoms with van der Waals surface area (Å²) < 4.78 is 6.25. The van der Waals surface area contributed by atoms with E-state index in [9.17, 15) is 9.59 Å². The lowest BCUT2D eigenvalue weighted by atomic mass is 9.57. The Balaban J connectivity index is 1.68. The molecule has 3 aliphatic heterocycles. The monoisotopic (exact) mass is 478 g/mol. The van der Waals surface area contributed by atoms with Gasteiger partial charge in [-0.3, -0.25) is 14.5 Å². The maximum atomic E-state index is 14.5. The molecule has 33 heavy (non-hydrogen) atoms. The number of fused-ring (bicyclic) bond motifs is 4.